The molecule has 0 unspecified atom stereocenters. The standard InChI is InChI=1S/C26H19ClF3N3O2/c1-14(2)19-9-16(12-31)11-22-23(19)35-25(33-22)18-6-4-17(5-7-18)24(34)32-13-15-3-8-21(27)20(10-15)26(28,29)30/h3-11,14H,13H2,1-2H3,(H,32,34). The maximum absolute atomic E-state index is 13.0. The van der Waals surface area contributed by atoms with Gasteiger partial charge in [-0.2, -0.15) is 18.4 Å². The van der Waals surface area contributed by atoms with Crippen LogP contribution in [-0.4, -0.2) is 10.9 Å². The van der Waals surface area contributed by atoms with Crippen LogP contribution in [0.15, 0.2) is 59.0 Å². The van der Waals surface area contributed by atoms with Crippen LogP contribution < -0.4 is 5.32 Å². The van der Waals surface area contributed by atoms with E-state index in [0.717, 1.165) is 17.7 Å². The van der Waals surface area contributed by atoms with Gasteiger partial charge in [-0.25, -0.2) is 4.98 Å². The van der Waals surface area contributed by atoms with Crippen molar-refractivity contribution in [2.45, 2.75) is 32.5 Å². The Morgan fingerprint density at radius 1 is 1.14 bits per heavy atom. The zero-order chi connectivity index (χ0) is 25.3. The number of nitriles is 1. The van der Waals surface area contributed by atoms with Gasteiger partial charge in [0.15, 0.2) is 5.58 Å². The van der Waals surface area contributed by atoms with Crippen LogP contribution in [0.5, 0.6) is 0 Å². The van der Waals surface area contributed by atoms with Gasteiger partial charge in [-0.15, -0.1) is 0 Å². The second kappa shape index (κ2) is 9.43. The lowest BCUT2D eigenvalue weighted by atomic mass is 10.00. The molecule has 4 aromatic rings. The zero-order valence-electron chi connectivity index (χ0n) is 18.7. The quantitative estimate of drug-likeness (QED) is 0.319. The van der Waals surface area contributed by atoms with Crippen LogP contribution in [0.2, 0.25) is 5.02 Å². The molecule has 0 aliphatic carbocycles. The first-order valence-corrected chi connectivity index (χ1v) is 11.0. The van der Waals surface area contributed by atoms with Gasteiger partial charge >= 0.3 is 6.18 Å². The Morgan fingerprint density at radius 3 is 2.49 bits per heavy atom. The fraction of sp³-hybridized carbons (Fsp3) is 0.192. The van der Waals surface area contributed by atoms with Gasteiger partial charge < -0.3 is 9.73 Å². The van der Waals surface area contributed by atoms with Crippen LogP contribution in [0.1, 0.15) is 52.4 Å². The fourth-order valence-corrected chi connectivity index (χ4v) is 3.85. The normalized spacial score (nSPS) is 11.6. The minimum Gasteiger partial charge on any atom is -0.436 e. The van der Waals surface area contributed by atoms with E-state index >= 15 is 0 Å². The molecular weight excluding hydrogens is 479 g/mol. The molecule has 5 nitrogen and oxygen atoms in total. The summed E-state index contributed by atoms with van der Waals surface area (Å²) in [4.78, 5) is 17.0. The molecular formula is C26H19ClF3N3O2. The smallest absolute Gasteiger partial charge is 0.417 e. The van der Waals surface area contributed by atoms with Crippen LogP contribution in [0.25, 0.3) is 22.6 Å². The number of hydrogen-bond acceptors (Lipinski definition) is 4. The first-order chi connectivity index (χ1) is 16.6. The van der Waals surface area contributed by atoms with Crippen LogP contribution in [0.4, 0.5) is 13.2 Å². The van der Waals surface area contributed by atoms with Gasteiger partial charge in [0, 0.05) is 23.2 Å². The van der Waals surface area contributed by atoms with Gasteiger partial charge in [0.2, 0.25) is 5.89 Å². The predicted octanol–water partition coefficient (Wildman–Crippen LogP) is 7.09. The van der Waals surface area contributed by atoms with Crippen molar-refractivity contribution in [1.29, 1.82) is 5.26 Å². The van der Waals surface area contributed by atoms with Crippen molar-refractivity contribution in [1.82, 2.24) is 10.3 Å². The van der Waals surface area contributed by atoms with Crippen molar-refractivity contribution in [2.24, 2.45) is 0 Å². The third-order valence-electron chi connectivity index (χ3n) is 5.45. The van der Waals surface area contributed by atoms with E-state index in [1.54, 1.807) is 36.4 Å². The minimum atomic E-state index is -4.58. The van der Waals surface area contributed by atoms with Crippen molar-refractivity contribution < 1.29 is 22.4 Å². The third-order valence-corrected chi connectivity index (χ3v) is 5.78. The van der Waals surface area contributed by atoms with E-state index in [9.17, 15) is 23.2 Å². The molecule has 0 spiro atoms. The Bertz CT molecular complexity index is 1450. The largest absolute Gasteiger partial charge is 0.436 e. The third kappa shape index (κ3) is 5.15. The number of carbonyl (C=O) groups excluding carboxylic acids is 1. The highest BCUT2D eigenvalue weighted by atomic mass is 35.5. The lowest BCUT2D eigenvalue weighted by Crippen LogP contribution is -2.23. The van der Waals surface area contributed by atoms with E-state index in [2.05, 4.69) is 16.4 Å². The molecule has 3 aromatic carbocycles. The van der Waals surface area contributed by atoms with Crippen LogP contribution in [0, 0.1) is 11.3 Å². The van der Waals surface area contributed by atoms with E-state index in [-0.39, 0.29) is 18.0 Å². The average molecular weight is 498 g/mol. The molecule has 0 aliphatic rings. The summed E-state index contributed by atoms with van der Waals surface area (Å²) in [6.07, 6.45) is -4.58. The second-order valence-corrected chi connectivity index (χ2v) is 8.68. The molecule has 1 aromatic heterocycles. The number of aromatic nitrogens is 1. The zero-order valence-corrected chi connectivity index (χ0v) is 19.5. The molecule has 4 rings (SSSR count). The number of benzene rings is 3. The van der Waals surface area contributed by atoms with E-state index in [0.29, 0.717) is 33.7 Å². The molecule has 9 heteroatoms. The number of oxazole rings is 1. The number of nitrogens with one attached hydrogen (secondary N) is 1. The van der Waals surface area contributed by atoms with Crippen LogP contribution in [-0.2, 0) is 12.7 Å². The van der Waals surface area contributed by atoms with Gasteiger partial charge in [0.05, 0.1) is 22.2 Å². The monoisotopic (exact) mass is 497 g/mol. The summed E-state index contributed by atoms with van der Waals surface area (Å²) in [5.74, 6) is 0.0358. The van der Waals surface area contributed by atoms with Crippen molar-refractivity contribution in [3.05, 3.63) is 87.4 Å². The summed E-state index contributed by atoms with van der Waals surface area (Å²) in [6, 6.07) is 15.6. The van der Waals surface area contributed by atoms with E-state index in [4.69, 9.17) is 16.0 Å². The first kappa shape index (κ1) is 24.3. The van der Waals surface area contributed by atoms with Crippen molar-refractivity contribution >= 4 is 28.6 Å². The van der Waals surface area contributed by atoms with Crippen LogP contribution >= 0.6 is 11.6 Å². The SMILES string of the molecule is CC(C)c1cc(C#N)cc2nc(-c3ccc(C(=O)NCc4ccc(Cl)c(C(F)(F)F)c4)cc3)oc12. The van der Waals surface area contributed by atoms with Gasteiger partial charge in [-0.05, 0) is 60.0 Å². The summed E-state index contributed by atoms with van der Waals surface area (Å²) >= 11 is 5.64. The Kier molecular flexibility index (Phi) is 6.55. The van der Waals surface area contributed by atoms with E-state index < -0.39 is 22.7 Å². The van der Waals surface area contributed by atoms with Crippen molar-refractivity contribution in [3.63, 3.8) is 0 Å². The molecule has 0 radical (unpaired) electrons. The Morgan fingerprint density at radius 2 is 1.86 bits per heavy atom. The van der Waals surface area contributed by atoms with E-state index in [1.165, 1.54) is 6.07 Å². The summed E-state index contributed by atoms with van der Waals surface area (Å²) < 4.78 is 45.1. The number of carbonyl (C=O) groups is 1. The molecule has 1 N–H and O–H groups in total. The topological polar surface area (TPSA) is 78.9 Å². The molecule has 1 heterocycles. The lowest BCUT2D eigenvalue weighted by Gasteiger charge is -2.11. The summed E-state index contributed by atoms with van der Waals surface area (Å²) in [5.41, 5.74) is 2.85. The van der Waals surface area contributed by atoms with Gasteiger partial charge in [-0.3, -0.25) is 4.79 Å². The predicted molar refractivity (Wildman–Crippen MR) is 126 cm³/mol. The molecule has 178 valence electrons. The maximum Gasteiger partial charge on any atom is 0.417 e. The average Bonchev–Trinajstić information content (AvgIpc) is 3.26. The molecule has 0 aliphatic heterocycles. The van der Waals surface area contributed by atoms with Crippen molar-refractivity contribution in [3.8, 4) is 17.5 Å². The number of nitrogens with zero attached hydrogens (tertiary/aromatic N) is 2. The molecule has 0 atom stereocenters. The molecule has 35 heavy (non-hydrogen) atoms. The van der Waals surface area contributed by atoms with Crippen LogP contribution in [0.3, 0.4) is 0 Å². The number of amides is 1. The summed E-state index contributed by atoms with van der Waals surface area (Å²) in [7, 11) is 0. The Balaban J connectivity index is 1.51. The maximum atomic E-state index is 13.0. The van der Waals surface area contributed by atoms with Gasteiger partial charge in [0.25, 0.3) is 5.91 Å². The molecule has 0 fully saturated rings. The summed E-state index contributed by atoms with van der Waals surface area (Å²) in [5, 5.41) is 11.5. The molecule has 0 saturated carbocycles. The number of alkyl halides is 3. The van der Waals surface area contributed by atoms with Gasteiger partial charge in [0.1, 0.15) is 5.52 Å². The van der Waals surface area contributed by atoms with Crippen molar-refractivity contribution in [2.75, 3.05) is 0 Å². The number of halogens is 4. The highest BCUT2D eigenvalue weighted by Crippen LogP contribution is 2.35. The molecule has 0 bridgehead atoms. The number of rotatable bonds is 5. The Labute approximate surface area is 204 Å². The fourth-order valence-electron chi connectivity index (χ4n) is 3.62. The summed E-state index contributed by atoms with van der Waals surface area (Å²) in [6.45, 7) is 3.91. The minimum absolute atomic E-state index is 0.0921. The van der Waals surface area contributed by atoms with Gasteiger partial charge in [-0.1, -0.05) is 31.5 Å². The highest BCUT2D eigenvalue weighted by Gasteiger charge is 2.33. The molecule has 0 saturated heterocycles. The van der Waals surface area contributed by atoms with E-state index in [1.807, 2.05) is 13.8 Å². The second-order valence-electron chi connectivity index (χ2n) is 8.27. The Hall–Kier alpha value is -3.83. The number of fused-ring (bicyclic) bond motifs is 1. The lowest BCUT2D eigenvalue weighted by molar-refractivity contribution is -0.137. The first-order valence-electron chi connectivity index (χ1n) is 10.7. The molecule has 1 amide bonds. The number of hydrogen-bond donors (Lipinski definition) is 1. The highest BCUT2D eigenvalue weighted by molar-refractivity contribution is 6.31.